The Bertz CT molecular complexity index is 1170. The highest BCUT2D eigenvalue weighted by Gasteiger charge is 2.36. The van der Waals surface area contributed by atoms with Crippen molar-refractivity contribution in [2.45, 2.75) is 135 Å². The number of hydrogen-bond acceptors (Lipinski definition) is 8. The third-order valence-electron chi connectivity index (χ3n) is 10.7. The average Bonchev–Trinajstić information content (AvgIpc) is 3.50. The number of carbonyl (C=O) groups is 3. The van der Waals surface area contributed by atoms with Crippen LogP contribution in [0.3, 0.4) is 0 Å². The van der Waals surface area contributed by atoms with E-state index in [1.165, 1.54) is 44.6 Å². The number of carbonyl (C=O) groups excluding carboxylic acids is 3. The minimum Gasteiger partial charge on any atom is -0.457 e. The Morgan fingerprint density at radius 2 is 1.57 bits per heavy atom. The van der Waals surface area contributed by atoms with E-state index in [-0.39, 0.29) is 37.1 Å². The maximum Gasteiger partial charge on any atom is 0.410 e. The predicted molar refractivity (Wildman–Crippen MR) is 201 cm³/mol. The number of allylic oxidation sites excluding steroid dienone is 2. The van der Waals surface area contributed by atoms with Gasteiger partial charge in [0.05, 0.1) is 12.5 Å². The molecule has 11 heteroatoms. The predicted octanol–water partition coefficient (Wildman–Crippen LogP) is 6.15. The Kier molecular flexibility index (Phi) is 17.5. The maximum atomic E-state index is 13.1. The van der Waals surface area contributed by atoms with Crippen LogP contribution in [0, 0.1) is 11.8 Å². The number of rotatable bonds is 16. The number of amides is 3. The molecule has 1 aliphatic carbocycles. The van der Waals surface area contributed by atoms with Gasteiger partial charge in [-0.15, -0.1) is 0 Å². The van der Waals surface area contributed by atoms with Crippen LogP contribution in [0.4, 0.5) is 9.59 Å². The highest BCUT2D eigenvalue weighted by Crippen LogP contribution is 2.26. The summed E-state index contributed by atoms with van der Waals surface area (Å²) in [6, 6.07) is 0.672. The van der Waals surface area contributed by atoms with Crippen molar-refractivity contribution in [3.63, 3.8) is 0 Å². The van der Waals surface area contributed by atoms with Crippen LogP contribution in [0.25, 0.3) is 0 Å². The minimum absolute atomic E-state index is 0.0148. The molecule has 0 spiro atoms. The monoisotopic (exact) mass is 717 g/mol. The Labute approximate surface area is 307 Å². The standard InChI is InChI=1S/C40H68N4O7/c1-8-35(50-39(48)44-26-24-42(25-27-44)33-18-11-9-10-12-19-33)40(6,49)21-20-34(45)28-36(46)51-37(30(2)3)32(5)17-15-16-31(4)29-41(7)38(47)43-22-13-14-23-43/h8,15-17,30-31,33-35,37,45,49H,1,9-14,18-29H2,2-7H3/b16-15+,32-17+/t31-,34-,35+,37+,40-/m1/s1. The van der Waals surface area contributed by atoms with Gasteiger partial charge in [-0.2, -0.15) is 0 Å². The first-order chi connectivity index (χ1) is 24.2. The fraction of sp³-hybridized carbons (Fsp3) is 0.775. The van der Waals surface area contributed by atoms with Crippen LogP contribution >= 0.6 is 0 Å². The third kappa shape index (κ3) is 13.9. The van der Waals surface area contributed by atoms with Crippen LogP contribution in [0.2, 0.25) is 0 Å². The third-order valence-corrected chi connectivity index (χ3v) is 10.7. The Hall–Kier alpha value is -2.89. The van der Waals surface area contributed by atoms with Gasteiger partial charge >= 0.3 is 18.1 Å². The van der Waals surface area contributed by atoms with Crippen molar-refractivity contribution < 1.29 is 34.1 Å². The van der Waals surface area contributed by atoms with Crippen molar-refractivity contribution in [1.29, 1.82) is 0 Å². The number of aliphatic hydroxyl groups is 2. The lowest BCUT2D eigenvalue weighted by molar-refractivity contribution is -0.151. The summed E-state index contributed by atoms with van der Waals surface area (Å²) in [6.07, 6.45) is 14.1. The summed E-state index contributed by atoms with van der Waals surface area (Å²) >= 11 is 0. The molecule has 3 fully saturated rings. The average molecular weight is 717 g/mol. The van der Waals surface area contributed by atoms with Crippen LogP contribution in [0.15, 0.2) is 36.5 Å². The summed E-state index contributed by atoms with van der Waals surface area (Å²) in [5, 5.41) is 22.0. The minimum atomic E-state index is -1.48. The number of urea groups is 1. The lowest BCUT2D eigenvalue weighted by Crippen LogP contribution is -2.53. The highest BCUT2D eigenvalue weighted by atomic mass is 16.6. The number of ether oxygens (including phenoxy) is 2. The number of aliphatic hydroxyl groups excluding tert-OH is 1. The summed E-state index contributed by atoms with van der Waals surface area (Å²) < 4.78 is 11.5. The van der Waals surface area contributed by atoms with Crippen LogP contribution in [0.5, 0.6) is 0 Å². The maximum absolute atomic E-state index is 13.1. The van der Waals surface area contributed by atoms with Gasteiger partial charge in [-0.1, -0.05) is 71.3 Å². The molecule has 2 N–H and O–H groups in total. The number of esters is 1. The second kappa shape index (κ2) is 21.0. The van der Waals surface area contributed by atoms with Crippen molar-refractivity contribution in [1.82, 2.24) is 19.6 Å². The molecule has 2 heterocycles. The molecule has 0 bridgehead atoms. The van der Waals surface area contributed by atoms with E-state index in [2.05, 4.69) is 18.4 Å². The summed E-state index contributed by atoms with van der Waals surface area (Å²) in [4.78, 5) is 46.4. The highest BCUT2D eigenvalue weighted by molar-refractivity contribution is 5.74. The zero-order valence-electron chi connectivity index (χ0n) is 32.4. The quantitative estimate of drug-likeness (QED) is 0.0844. The second-order valence-corrected chi connectivity index (χ2v) is 15.7. The van der Waals surface area contributed by atoms with Crippen LogP contribution in [-0.2, 0) is 14.3 Å². The molecule has 0 radical (unpaired) electrons. The molecule has 3 amide bonds. The molecular weight excluding hydrogens is 648 g/mol. The topological polar surface area (TPSA) is 123 Å². The summed E-state index contributed by atoms with van der Waals surface area (Å²) in [5.41, 5.74) is -0.605. The fourth-order valence-electron chi connectivity index (χ4n) is 7.56. The van der Waals surface area contributed by atoms with E-state index >= 15 is 0 Å². The van der Waals surface area contributed by atoms with E-state index in [1.54, 1.807) is 16.7 Å². The van der Waals surface area contributed by atoms with Crippen molar-refractivity contribution in [2.75, 3.05) is 52.9 Å². The summed E-state index contributed by atoms with van der Waals surface area (Å²) in [7, 11) is 1.84. The molecule has 2 aliphatic heterocycles. The molecule has 0 aromatic rings. The Morgan fingerprint density at radius 3 is 2.16 bits per heavy atom. The van der Waals surface area contributed by atoms with Gasteiger partial charge in [0.2, 0.25) is 0 Å². The molecule has 0 unspecified atom stereocenters. The molecule has 0 aromatic heterocycles. The van der Waals surface area contributed by atoms with Gasteiger partial charge in [0.1, 0.15) is 17.8 Å². The molecule has 0 aromatic carbocycles. The SMILES string of the molecule is C=C[C@H](OC(=O)N1CCN(C2CCCCCC2)CC1)[C@](C)(O)CC[C@@H](O)CC(=O)O[C@H](/C(C)=C/C=C/[C@@H](C)CN(C)C(=O)N1CCCC1)C(C)C. The molecule has 290 valence electrons. The van der Waals surface area contributed by atoms with Gasteiger partial charge in [-0.25, -0.2) is 9.59 Å². The molecule has 51 heavy (non-hydrogen) atoms. The molecule has 2 saturated heterocycles. The van der Waals surface area contributed by atoms with Crippen molar-refractivity contribution in [3.8, 4) is 0 Å². The van der Waals surface area contributed by atoms with E-state index in [4.69, 9.17) is 9.47 Å². The van der Waals surface area contributed by atoms with Gasteiger partial charge in [0.15, 0.2) is 0 Å². The lowest BCUT2D eigenvalue weighted by Gasteiger charge is -2.39. The number of likely N-dealkylation sites (tertiary alicyclic amines) is 1. The van der Waals surface area contributed by atoms with Crippen molar-refractivity contribution >= 4 is 18.1 Å². The Morgan fingerprint density at radius 1 is 0.941 bits per heavy atom. The second-order valence-electron chi connectivity index (χ2n) is 15.7. The molecule has 3 rings (SSSR count). The zero-order chi connectivity index (χ0) is 37.6. The lowest BCUT2D eigenvalue weighted by atomic mass is 9.91. The number of piperazine rings is 1. The van der Waals surface area contributed by atoms with Crippen LogP contribution < -0.4 is 0 Å². The van der Waals surface area contributed by atoms with Crippen molar-refractivity contribution in [3.05, 3.63) is 36.5 Å². The smallest absolute Gasteiger partial charge is 0.410 e. The summed E-state index contributed by atoms with van der Waals surface area (Å²) in [5.74, 6) is -0.364. The normalized spacial score (nSPS) is 21.9. The van der Waals surface area contributed by atoms with Crippen LogP contribution in [0.1, 0.15) is 105 Å². The first-order valence-corrected chi connectivity index (χ1v) is 19.5. The van der Waals surface area contributed by atoms with Gasteiger partial charge in [-0.05, 0) is 75.9 Å². The van der Waals surface area contributed by atoms with Gasteiger partial charge in [0, 0.05) is 58.9 Å². The first-order valence-electron chi connectivity index (χ1n) is 19.5. The van der Waals surface area contributed by atoms with Gasteiger partial charge < -0.3 is 34.4 Å². The molecular formula is C40H68N4O7. The first kappa shape index (κ1) is 42.5. The fourth-order valence-corrected chi connectivity index (χ4v) is 7.56. The molecule has 11 nitrogen and oxygen atoms in total. The van der Waals surface area contributed by atoms with Gasteiger partial charge in [0.25, 0.3) is 0 Å². The largest absolute Gasteiger partial charge is 0.457 e. The van der Waals surface area contributed by atoms with Crippen LogP contribution in [-0.4, -0.2) is 131 Å². The number of hydrogen-bond donors (Lipinski definition) is 2. The molecule has 3 aliphatic rings. The van der Waals surface area contributed by atoms with Crippen molar-refractivity contribution in [2.24, 2.45) is 11.8 Å². The van der Waals surface area contributed by atoms with E-state index in [0.717, 1.165) is 44.6 Å². The Balaban J connectivity index is 1.42. The van der Waals surface area contributed by atoms with E-state index < -0.39 is 36.0 Å². The van der Waals surface area contributed by atoms with E-state index in [9.17, 15) is 24.6 Å². The zero-order valence-corrected chi connectivity index (χ0v) is 32.4. The van der Waals surface area contributed by atoms with E-state index in [0.29, 0.717) is 25.7 Å². The molecule has 1 saturated carbocycles. The number of nitrogens with zero attached hydrogens (tertiary/aromatic N) is 4. The molecule has 5 atom stereocenters. The summed E-state index contributed by atoms with van der Waals surface area (Å²) in [6.45, 7) is 18.3. The van der Waals surface area contributed by atoms with Gasteiger partial charge in [-0.3, -0.25) is 9.69 Å². The van der Waals surface area contributed by atoms with E-state index in [1.807, 2.05) is 50.9 Å².